The first-order chi connectivity index (χ1) is 7.65. The molecule has 16 heavy (non-hydrogen) atoms. The molecule has 2 rings (SSSR count). The predicted molar refractivity (Wildman–Crippen MR) is 64.2 cm³/mol. The Kier molecular flexibility index (Phi) is 3.14. The fourth-order valence-corrected chi connectivity index (χ4v) is 1.53. The van der Waals surface area contributed by atoms with Crippen LogP contribution in [0.3, 0.4) is 0 Å². The topological polar surface area (TPSA) is 37.8 Å². The number of anilines is 2. The van der Waals surface area contributed by atoms with Gasteiger partial charge in [-0.1, -0.05) is 6.07 Å². The summed E-state index contributed by atoms with van der Waals surface area (Å²) in [6.45, 7) is 1.72. The number of nitrogens with zero attached hydrogens (tertiary/aromatic N) is 2. The fourth-order valence-electron chi connectivity index (χ4n) is 1.22. The summed E-state index contributed by atoms with van der Waals surface area (Å²) in [5.41, 5.74) is 1.28. The lowest BCUT2D eigenvalue weighted by molar-refractivity contribution is 0.619. The van der Waals surface area contributed by atoms with E-state index in [2.05, 4.69) is 31.2 Å². The highest BCUT2D eigenvalue weighted by molar-refractivity contribution is 9.10. The number of aryl methyl sites for hydroxylation is 1. The Labute approximate surface area is 101 Å². The smallest absolute Gasteiger partial charge is 0.134 e. The first-order valence-electron chi connectivity index (χ1n) is 4.66. The van der Waals surface area contributed by atoms with Gasteiger partial charge in [-0.05, 0) is 40.5 Å². The quantitative estimate of drug-likeness (QED) is 0.857. The lowest BCUT2D eigenvalue weighted by Crippen LogP contribution is -1.95. The van der Waals surface area contributed by atoms with E-state index in [4.69, 9.17) is 0 Å². The van der Waals surface area contributed by atoms with Crippen LogP contribution in [-0.2, 0) is 0 Å². The highest BCUT2D eigenvalue weighted by Crippen LogP contribution is 2.18. The Morgan fingerprint density at radius 2 is 2.06 bits per heavy atom. The molecule has 0 bridgehead atoms. The number of aromatic nitrogens is 2. The molecule has 1 N–H and O–H groups in total. The van der Waals surface area contributed by atoms with Crippen molar-refractivity contribution in [1.82, 2.24) is 9.97 Å². The molecule has 1 aromatic heterocycles. The SMILES string of the molecule is Cc1ccc(Nc2cc(Br)ncn2)cc1F. The molecule has 2 aromatic rings. The number of nitrogens with one attached hydrogen (secondary N) is 1. The standard InChI is InChI=1S/C11H9BrFN3/c1-7-2-3-8(4-9(7)13)16-11-5-10(12)14-6-15-11/h2-6H,1H3,(H,14,15,16). The van der Waals surface area contributed by atoms with E-state index >= 15 is 0 Å². The van der Waals surface area contributed by atoms with E-state index in [0.29, 0.717) is 21.7 Å². The van der Waals surface area contributed by atoms with Gasteiger partial charge in [0.05, 0.1) is 0 Å². The summed E-state index contributed by atoms with van der Waals surface area (Å²) >= 11 is 3.24. The zero-order valence-electron chi connectivity index (χ0n) is 8.54. The predicted octanol–water partition coefficient (Wildman–Crippen LogP) is 3.43. The van der Waals surface area contributed by atoms with E-state index in [-0.39, 0.29) is 5.82 Å². The average Bonchev–Trinajstić information content (AvgIpc) is 2.24. The van der Waals surface area contributed by atoms with E-state index in [9.17, 15) is 4.39 Å². The molecule has 0 aliphatic rings. The van der Waals surface area contributed by atoms with Crippen LogP contribution in [-0.4, -0.2) is 9.97 Å². The second-order valence-electron chi connectivity index (χ2n) is 3.31. The zero-order chi connectivity index (χ0) is 11.5. The molecule has 0 saturated carbocycles. The van der Waals surface area contributed by atoms with Crippen molar-refractivity contribution in [3.05, 3.63) is 46.6 Å². The first kappa shape index (κ1) is 11.0. The minimum Gasteiger partial charge on any atom is -0.340 e. The van der Waals surface area contributed by atoms with Crippen LogP contribution in [0.25, 0.3) is 0 Å². The molecule has 1 aromatic carbocycles. The normalized spacial score (nSPS) is 10.2. The van der Waals surface area contributed by atoms with Crippen LogP contribution < -0.4 is 5.32 Å². The monoisotopic (exact) mass is 281 g/mol. The van der Waals surface area contributed by atoms with Gasteiger partial charge in [0.1, 0.15) is 22.6 Å². The van der Waals surface area contributed by atoms with Crippen molar-refractivity contribution in [3.8, 4) is 0 Å². The van der Waals surface area contributed by atoms with E-state index in [1.165, 1.54) is 12.4 Å². The van der Waals surface area contributed by atoms with E-state index < -0.39 is 0 Å². The van der Waals surface area contributed by atoms with Gasteiger partial charge in [0.25, 0.3) is 0 Å². The maximum Gasteiger partial charge on any atom is 0.134 e. The molecule has 3 nitrogen and oxygen atoms in total. The summed E-state index contributed by atoms with van der Waals surface area (Å²) in [5.74, 6) is 0.378. The molecule has 5 heteroatoms. The summed E-state index contributed by atoms with van der Waals surface area (Å²) in [7, 11) is 0. The van der Waals surface area contributed by atoms with Gasteiger partial charge in [-0.15, -0.1) is 0 Å². The summed E-state index contributed by atoms with van der Waals surface area (Å²) in [5, 5.41) is 2.99. The van der Waals surface area contributed by atoms with Crippen LogP contribution in [0.5, 0.6) is 0 Å². The van der Waals surface area contributed by atoms with Crippen molar-refractivity contribution in [2.45, 2.75) is 6.92 Å². The molecule has 0 aliphatic heterocycles. The van der Waals surface area contributed by atoms with Crippen molar-refractivity contribution in [1.29, 1.82) is 0 Å². The van der Waals surface area contributed by atoms with Crippen LogP contribution in [0.2, 0.25) is 0 Å². The van der Waals surface area contributed by atoms with Gasteiger partial charge in [-0.2, -0.15) is 0 Å². The number of halogens is 2. The highest BCUT2D eigenvalue weighted by Gasteiger charge is 2.01. The van der Waals surface area contributed by atoms with Gasteiger partial charge in [0, 0.05) is 11.8 Å². The maximum atomic E-state index is 13.3. The van der Waals surface area contributed by atoms with Crippen LogP contribution in [0, 0.1) is 12.7 Å². The Morgan fingerprint density at radius 1 is 1.25 bits per heavy atom. The minimum atomic E-state index is -0.238. The average molecular weight is 282 g/mol. The van der Waals surface area contributed by atoms with Crippen LogP contribution in [0.15, 0.2) is 35.2 Å². The maximum absolute atomic E-state index is 13.3. The van der Waals surface area contributed by atoms with Crippen LogP contribution in [0.4, 0.5) is 15.9 Å². The Morgan fingerprint density at radius 3 is 2.75 bits per heavy atom. The Hall–Kier alpha value is -1.49. The van der Waals surface area contributed by atoms with Gasteiger partial charge < -0.3 is 5.32 Å². The number of hydrogen-bond acceptors (Lipinski definition) is 3. The van der Waals surface area contributed by atoms with Crippen molar-refractivity contribution in [3.63, 3.8) is 0 Å². The van der Waals surface area contributed by atoms with E-state index in [1.54, 1.807) is 25.1 Å². The molecule has 0 spiro atoms. The lowest BCUT2D eigenvalue weighted by Gasteiger charge is -2.06. The molecule has 0 atom stereocenters. The second kappa shape index (κ2) is 4.57. The van der Waals surface area contributed by atoms with Crippen molar-refractivity contribution in [2.75, 3.05) is 5.32 Å². The zero-order valence-corrected chi connectivity index (χ0v) is 10.1. The second-order valence-corrected chi connectivity index (χ2v) is 4.13. The lowest BCUT2D eigenvalue weighted by atomic mass is 10.2. The molecule has 82 valence electrons. The molecule has 1 heterocycles. The molecule has 0 radical (unpaired) electrons. The van der Waals surface area contributed by atoms with Crippen LogP contribution in [0.1, 0.15) is 5.56 Å². The number of hydrogen-bond donors (Lipinski definition) is 1. The van der Waals surface area contributed by atoms with E-state index in [0.717, 1.165) is 0 Å². The third kappa shape index (κ3) is 2.55. The van der Waals surface area contributed by atoms with Crippen LogP contribution >= 0.6 is 15.9 Å². The Balaban J connectivity index is 2.24. The number of rotatable bonds is 2. The molecule has 0 amide bonds. The summed E-state index contributed by atoms with van der Waals surface area (Å²) in [4.78, 5) is 7.92. The molecule has 0 saturated heterocycles. The third-order valence-corrected chi connectivity index (χ3v) is 2.51. The molecule has 0 fully saturated rings. The number of benzene rings is 1. The van der Waals surface area contributed by atoms with Gasteiger partial charge in [-0.3, -0.25) is 0 Å². The molecular weight excluding hydrogens is 273 g/mol. The van der Waals surface area contributed by atoms with Crippen molar-refractivity contribution >= 4 is 27.4 Å². The van der Waals surface area contributed by atoms with E-state index in [1.807, 2.05) is 0 Å². The summed E-state index contributed by atoms with van der Waals surface area (Å²) in [6, 6.07) is 6.67. The highest BCUT2D eigenvalue weighted by atomic mass is 79.9. The van der Waals surface area contributed by atoms with Gasteiger partial charge >= 0.3 is 0 Å². The molecular formula is C11H9BrFN3. The van der Waals surface area contributed by atoms with Gasteiger partial charge in [0.15, 0.2) is 0 Å². The first-order valence-corrected chi connectivity index (χ1v) is 5.45. The molecule has 0 aliphatic carbocycles. The largest absolute Gasteiger partial charge is 0.340 e. The fraction of sp³-hybridized carbons (Fsp3) is 0.0909. The van der Waals surface area contributed by atoms with Crippen molar-refractivity contribution in [2.24, 2.45) is 0 Å². The molecule has 0 unspecified atom stereocenters. The van der Waals surface area contributed by atoms with Gasteiger partial charge in [-0.25, -0.2) is 14.4 Å². The van der Waals surface area contributed by atoms with Crippen molar-refractivity contribution < 1.29 is 4.39 Å². The van der Waals surface area contributed by atoms with Gasteiger partial charge in [0.2, 0.25) is 0 Å². The Bertz CT molecular complexity index is 516. The third-order valence-electron chi connectivity index (χ3n) is 2.08. The summed E-state index contributed by atoms with van der Waals surface area (Å²) < 4.78 is 14.0. The minimum absolute atomic E-state index is 0.238. The summed E-state index contributed by atoms with van der Waals surface area (Å²) in [6.07, 6.45) is 1.43.